The molecule has 0 bridgehead atoms. The molecule has 1 aromatic heterocycles. The molecule has 2 rings (SSSR count). The Morgan fingerprint density at radius 2 is 2.22 bits per heavy atom. The molecule has 5 heteroatoms. The number of methoxy groups -OCH3 is 1. The zero-order chi connectivity index (χ0) is 13.3. The lowest BCUT2D eigenvalue weighted by Gasteiger charge is -2.21. The van der Waals surface area contributed by atoms with Crippen molar-refractivity contribution < 1.29 is 4.74 Å². The van der Waals surface area contributed by atoms with E-state index in [9.17, 15) is 0 Å². The summed E-state index contributed by atoms with van der Waals surface area (Å²) < 4.78 is 7.26. The monoisotopic (exact) mass is 252 g/mol. The van der Waals surface area contributed by atoms with Crippen LogP contribution in [0.2, 0.25) is 0 Å². The van der Waals surface area contributed by atoms with Gasteiger partial charge in [0.2, 0.25) is 5.88 Å². The fourth-order valence-electron chi connectivity index (χ4n) is 2.93. The van der Waals surface area contributed by atoms with Crippen molar-refractivity contribution in [3.05, 3.63) is 11.3 Å². The highest BCUT2D eigenvalue weighted by Crippen LogP contribution is 2.28. The third-order valence-electron chi connectivity index (χ3n) is 3.97. The molecule has 2 heterocycles. The zero-order valence-corrected chi connectivity index (χ0v) is 11.8. The van der Waals surface area contributed by atoms with E-state index < -0.39 is 0 Å². The van der Waals surface area contributed by atoms with Gasteiger partial charge in [0.05, 0.1) is 18.4 Å². The summed E-state index contributed by atoms with van der Waals surface area (Å²) in [6.07, 6.45) is 1.19. The molecule has 0 aliphatic carbocycles. The molecule has 18 heavy (non-hydrogen) atoms. The highest BCUT2D eigenvalue weighted by Gasteiger charge is 2.29. The van der Waals surface area contributed by atoms with Crippen LogP contribution in [0.25, 0.3) is 0 Å². The summed E-state index contributed by atoms with van der Waals surface area (Å²) in [4.78, 5) is 2.48. The van der Waals surface area contributed by atoms with E-state index in [1.54, 1.807) is 7.11 Å². The highest BCUT2D eigenvalue weighted by molar-refractivity contribution is 5.31. The molecular formula is C13H24N4O. The number of aryl methyl sites for hydroxylation is 2. The quantitative estimate of drug-likeness (QED) is 0.865. The first-order valence-corrected chi connectivity index (χ1v) is 6.57. The van der Waals surface area contributed by atoms with Crippen molar-refractivity contribution in [3.8, 4) is 5.88 Å². The van der Waals surface area contributed by atoms with Crippen LogP contribution in [0.4, 0.5) is 0 Å². The Morgan fingerprint density at radius 3 is 2.78 bits per heavy atom. The summed E-state index contributed by atoms with van der Waals surface area (Å²) in [5.74, 6) is 1.50. The number of hydrogen-bond acceptors (Lipinski definition) is 4. The maximum atomic E-state index is 5.77. The first-order chi connectivity index (χ1) is 8.56. The molecular weight excluding hydrogens is 228 g/mol. The highest BCUT2D eigenvalue weighted by atomic mass is 16.5. The predicted octanol–water partition coefficient (Wildman–Crippen LogP) is 0.906. The van der Waals surface area contributed by atoms with E-state index in [1.807, 2.05) is 18.7 Å². The van der Waals surface area contributed by atoms with Gasteiger partial charge in [-0.2, -0.15) is 5.10 Å². The summed E-state index contributed by atoms with van der Waals surface area (Å²) >= 11 is 0. The lowest BCUT2D eigenvalue weighted by atomic mass is 10.1. The maximum absolute atomic E-state index is 5.77. The van der Waals surface area contributed by atoms with Gasteiger partial charge >= 0.3 is 0 Å². The minimum atomic E-state index is 0.586. The largest absolute Gasteiger partial charge is 0.481 e. The molecule has 0 spiro atoms. The second kappa shape index (κ2) is 5.28. The van der Waals surface area contributed by atoms with E-state index in [-0.39, 0.29) is 0 Å². The second-order valence-corrected chi connectivity index (χ2v) is 5.31. The topological polar surface area (TPSA) is 56.3 Å². The van der Waals surface area contributed by atoms with Gasteiger partial charge in [-0.15, -0.1) is 0 Å². The molecule has 2 atom stereocenters. The number of hydrogen-bond donors (Lipinski definition) is 1. The van der Waals surface area contributed by atoms with Crippen LogP contribution in [0.3, 0.4) is 0 Å². The van der Waals surface area contributed by atoms with Gasteiger partial charge in [-0.1, -0.05) is 0 Å². The first kappa shape index (κ1) is 13.4. The Balaban J connectivity index is 2.14. The number of ether oxygens (including phenoxy) is 1. The SMILES string of the molecule is COc1c(CN2CC(CN)CC2C)c(C)nn1C. The van der Waals surface area contributed by atoms with Crippen molar-refractivity contribution in [2.45, 2.75) is 32.9 Å². The van der Waals surface area contributed by atoms with Gasteiger partial charge in [-0.05, 0) is 32.7 Å². The van der Waals surface area contributed by atoms with Crippen LogP contribution in [0, 0.1) is 12.8 Å². The molecule has 2 N–H and O–H groups in total. The van der Waals surface area contributed by atoms with Crippen molar-refractivity contribution in [1.82, 2.24) is 14.7 Å². The Hall–Kier alpha value is -1.07. The average molecular weight is 252 g/mol. The van der Waals surface area contributed by atoms with Crippen molar-refractivity contribution in [2.24, 2.45) is 18.7 Å². The summed E-state index contributed by atoms with van der Waals surface area (Å²) in [7, 11) is 3.63. The lowest BCUT2D eigenvalue weighted by Crippen LogP contribution is -2.27. The fraction of sp³-hybridized carbons (Fsp3) is 0.769. The van der Waals surface area contributed by atoms with E-state index in [4.69, 9.17) is 10.5 Å². The minimum absolute atomic E-state index is 0.586. The summed E-state index contributed by atoms with van der Waals surface area (Å²) in [5, 5.41) is 4.43. The Morgan fingerprint density at radius 1 is 1.50 bits per heavy atom. The van der Waals surface area contributed by atoms with E-state index in [0.29, 0.717) is 12.0 Å². The van der Waals surface area contributed by atoms with Gasteiger partial charge in [0.25, 0.3) is 0 Å². The molecule has 1 aliphatic heterocycles. The molecule has 0 amide bonds. The molecule has 1 saturated heterocycles. The van der Waals surface area contributed by atoms with Gasteiger partial charge in [0, 0.05) is 26.2 Å². The van der Waals surface area contributed by atoms with E-state index >= 15 is 0 Å². The first-order valence-electron chi connectivity index (χ1n) is 6.57. The molecule has 1 aliphatic rings. The van der Waals surface area contributed by atoms with Gasteiger partial charge in [0.15, 0.2) is 0 Å². The van der Waals surface area contributed by atoms with E-state index in [1.165, 1.54) is 12.0 Å². The number of nitrogens with zero attached hydrogens (tertiary/aromatic N) is 3. The predicted molar refractivity (Wildman–Crippen MR) is 71.5 cm³/mol. The summed E-state index contributed by atoms with van der Waals surface area (Å²) in [6, 6.07) is 0.586. The van der Waals surface area contributed by atoms with Gasteiger partial charge < -0.3 is 10.5 Å². The Bertz CT molecular complexity index is 415. The number of rotatable bonds is 4. The maximum Gasteiger partial charge on any atom is 0.216 e. The van der Waals surface area contributed by atoms with Gasteiger partial charge in [-0.25, -0.2) is 4.68 Å². The van der Waals surface area contributed by atoms with Crippen molar-refractivity contribution in [1.29, 1.82) is 0 Å². The van der Waals surface area contributed by atoms with Crippen molar-refractivity contribution in [2.75, 3.05) is 20.2 Å². The molecule has 2 unspecified atom stereocenters. The van der Waals surface area contributed by atoms with Crippen LogP contribution < -0.4 is 10.5 Å². The van der Waals surface area contributed by atoms with E-state index in [2.05, 4.69) is 16.9 Å². The van der Waals surface area contributed by atoms with Crippen LogP contribution in [-0.2, 0) is 13.6 Å². The number of aromatic nitrogens is 2. The molecule has 0 saturated carbocycles. The minimum Gasteiger partial charge on any atom is -0.481 e. The van der Waals surface area contributed by atoms with Crippen LogP contribution in [-0.4, -0.2) is 40.9 Å². The molecule has 1 aromatic rings. The molecule has 5 nitrogen and oxygen atoms in total. The van der Waals surface area contributed by atoms with Gasteiger partial charge in [-0.3, -0.25) is 4.90 Å². The van der Waals surface area contributed by atoms with Gasteiger partial charge in [0.1, 0.15) is 0 Å². The average Bonchev–Trinajstić information content (AvgIpc) is 2.81. The van der Waals surface area contributed by atoms with Crippen LogP contribution >= 0.6 is 0 Å². The number of likely N-dealkylation sites (tertiary alicyclic amines) is 1. The summed E-state index contributed by atoms with van der Waals surface area (Å²) in [5.41, 5.74) is 8.03. The number of nitrogens with two attached hydrogens (primary N) is 1. The van der Waals surface area contributed by atoms with Crippen LogP contribution in [0.1, 0.15) is 24.6 Å². The third kappa shape index (κ3) is 2.37. The summed E-state index contributed by atoms with van der Waals surface area (Å²) in [6.45, 7) is 7.08. The molecule has 0 aromatic carbocycles. The van der Waals surface area contributed by atoms with Crippen LogP contribution in [0.5, 0.6) is 5.88 Å². The smallest absolute Gasteiger partial charge is 0.216 e. The molecule has 0 radical (unpaired) electrons. The second-order valence-electron chi connectivity index (χ2n) is 5.31. The lowest BCUT2D eigenvalue weighted by molar-refractivity contribution is 0.250. The van der Waals surface area contributed by atoms with Crippen molar-refractivity contribution in [3.63, 3.8) is 0 Å². The van der Waals surface area contributed by atoms with Crippen molar-refractivity contribution >= 4 is 0 Å². The third-order valence-corrected chi connectivity index (χ3v) is 3.97. The molecule has 102 valence electrons. The van der Waals surface area contributed by atoms with Crippen LogP contribution in [0.15, 0.2) is 0 Å². The molecule has 1 fully saturated rings. The normalized spacial score (nSPS) is 24.7. The Kier molecular flexibility index (Phi) is 3.92. The standard InChI is InChI=1S/C13H24N4O/c1-9-5-11(6-14)7-17(9)8-12-10(2)15-16(3)13(12)18-4/h9,11H,5-8,14H2,1-4H3. The van der Waals surface area contributed by atoms with E-state index in [0.717, 1.165) is 31.2 Å². The Labute approximate surface area is 109 Å². The zero-order valence-electron chi connectivity index (χ0n) is 11.8. The fourth-order valence-corrected chi connectivity index (χ4v) is 2.93.